The van der Waals surface area contributed by atoms with Gasteiger partial charge in [-0.3, -0.25) is 9.59 Å². The lowest BCUT2D eigenvalue weighted by atomic mass is 10.2. The van der Waals surface area contributed by atoms with Gasteiger partial charge in [-0.1, -0.05) is 12.1 Å². The summed E-state index contributed by atoms with van der Waals surface area (Å²) in [6.45, 7) is -2.59. The highest BCUT2D eigenvalue weighted by Gasteiger charge is 2.26. The summed E-state index contributed by atoms with van der Waals surface area (Å²) in [6, 6.07) is 5.51. The number of hydrogen-bond acceptors (Lipinski definition) is 3. The van der Waals surface area contributed by atoms with Gasteiger partial charge in [0.25, 0.3) is 0 Å². The Morgan fingerprint density at radius 3 is 2.65 bits per heavy atom. The van der Waals surface area contributed by atoms with Gasteiger partial charge < -0.3 is 15.4 Å². The Balaban J connectivity index is 1.81. The molecule has 0 bridgehead atoms. The van der Waals surface area contributed by atoms with Crippen LogP contribution in [0.4, 0.5) is 8.78 Å². The molecule has 1 atom stereocenters. The van der Waals surface area contributed by atoms with Gasteiger partial charge in [-0.15, -0.1) is 0 Å². The zero-order chi connectivity index (χ0) is 14.5. The first-order valence-electron chi connectivity index (χ1n) is 6.15. The molecular weight excluding hydrogens is 270 g/mol. The maximum Gasteiger partial charge on any atom is 0.387 e. The van der Waals surface area contributed by atoms with Crippen LogP contribution in [0.25, 0.3) is 0 Å². The Morgan fingerprint density at radius 1 is 1.40 bits per heavy atom. The van der Waals surface area contributed by atoms with Crippen molar-refractivity contribution in [1.82, 2.24) is 10.6 Å². The highest BCUT2D eigenvalue weighted by Crippen LogP contribution is 2.15. The van der Waals surface area contributed by atoms with Crippen molar-refractivity contribution in [2.45, 2.75) is 32.0 Å². The molecule has 2 amide bonds. The van der Waals surface area contributed by atoms with Crippen LogP contribution in [0, 0.1) is 0 Å². The second-order valence-corrected chi connectivity index (χ2v) is 4.40. The molecule has 1 aliphatic rings. The first-order chi connectivity index (χ1) is 9.54. The van der Waals surface area contributed by atoms with Gasteiger partial charge in [0, 0.05) is 13.0 Å². The van der Waals surface area contributed by atoms with Gasteiger partial charge in [0.1, 0.15) is 11.8 Å². The zero-order valence-electron chi connectivity index (χ0n) is 10.6. The first-order valence-corrected chi connectivity index (χ1v) is 6.15. The maximum atomic E-state index is 12.0. The minimum Gasteiger partial charge on any atom is -0.435 e. The minimum atomic E-state index is -2.86. The van der Waals surface area contributed by atoms with Crippen molar-refractivity contribution in [2.75, 3.05) is 0 Å². The van der Waals surface area contributed by atoms with Gasteiger partial charge in [-0.2, -0.15) is 8.78 Å². The molecular formula is C13H14F2N2O3. The summed E-state index contributed by atoms with van der Waals surface area (Å²) in [7, 11) is 0. The SMILES string of the molecule is O=C1CC[C@H](C(=O)NCc2ccc(OC(F)F)cc2)N1. The van der Waals surface area contributed by atoms with Gasteiger partial charge in [0.15, 0.2) is 0 Å². The summed E-state index contributed by atoms with van der Waals surface area (Å²) in [4.78, 5) is 22.7. The third kappa shape index (κ3) is 3.91. The molecule has 0 saturated carbocycles. The summed E-state index contributed by atoms with van der Waals surface area (Å²) in [5.41, 5.74) is 0.754. The summed E-state index contributed by atoms with van der Waals surface area (Å²) < 4.78 is 28.2. The highest BCUT2D eigenvalue weighted by molar-refractivity contribution is 5.90. The number of carbonyl (C=O) groups is 2. The lowest BCUT2D eigenvalue weighted by molar-refractivity contribution is -0.125. The molecule has 0 aliphatic carbocycles. The van der Waals surface area contributed by atoms with Crippen molar-refractivity contribution in [3.63, 3.8) is 0 Å². The predicted molar refractivity (Wildman–Crippen MR) is 66.1 cm³/mol. The van der Waals surface area contributed by atoms with E-state index in [1.54, 1.807) is 12.1 Å². The fourth-order valence-corrected chi connectivity index (χ4v) is 1.91. The molecule has 0 aromatic heterocycles. The molecule has 108 valence electrons. The molecule has 20 heavy (non-hydrogen) atoms. The van der Waals surface area contributed by atoms with Crippen LogP contribution in [0.15, 0.2) is 24.3 Å². The van der Waals surface area contributed by atoms with E-state index in [4.69, 9.17) is 0 Å². The molecule has 5 nitrogen and oxygen atoms in total. The molecule has 0 radical (unpaired) electrons. The standard InChI is InChI=1S/C13H14F2N2O3/c14-13(15)20-9-3-1-8(2-4-9)7-16-12(19)10-5-6-11(18)17-10/h1-4,10,13H,5-7H2,(H,16,19)(H,17,18)/t10-/m1/s1. The van der Waals surface area contributed by atoms with Crippen molar-refractivity contribution in [1.29, 1.82) is 0 Å². The van der Waals surface area contributed by atoms with Crippen molar-refractivity contribution >= 4 is 11.8 Å². The molecule has 2 rings (SSSR count). The van der Waals surface area contributed by atoms with Crippen LogP contribution in [0.2, 0.25) is 0 Å². The van der Waals surface area contributed by atoms with E-state index in [0.717, 1.165) is 5.56 Å². The van der Waals surface area contributed by atoms with Gasteiger partial charge >= 0.3 is 6.61 Å². The number of rotatable bonds is 5. The number of alkyl halides is 2. The van der Waals surface area contributed by atoms with Crippen LogP contribution in [0.1, 0.15) is 18.4 Å². The van der Waals surface area contributed by atoms with E-state index in [-0.39, 0.29) is 24.1 Å². The van der Waals surface area contributed by atoms with Crippen LogP contribution in [0.5, 0.6) is 5.75 Å². The predicted octanol–water partition coefficient (Wildman–Crippen LogP) is 1.18. The Bertz CT molecular complexity index is 491. The second-order valence-electron chi connectivity index (χ2n) is 4.40. The second kappa shape index (κ2) is 6.31. The number of halogens is 2. The minimum absolute atomic E-state index is 0.0677. The topological polar surface area (TPSA) is 67.4 Å². The third-order valence-electron chi connectivity index (χ3n) is 2.93. The van der Waals surface area contributed by atoms with Crippen LogP contribution >= 0.6 is 0 Å². The number of carbonyl (C=O) groups excluding carboxylic acids is 2. The normalized spacial score (nSPS) is 17.9. The van der Waals surface area contributed by atoms with E-state index in [0.29, 0.717) is 12.8 Å². The van der Waals surface area contributed by atoms with Crippen molar-refractivity contribution in [3.05, 3.63) is 29.8 Å². The number of ether oxygens (including phenoxy) is 1. The lowest BCUT2D eigenvalue weighted by Crippen LogP contribution is -2.41. The van der Waals surface area contributed by atoms with Gasteiger partial charge in [-0.05, 0) is 24.1 Å². The van der Waals surface area contributed by atoms with E-state index in [2.05, 4.69) is 15.4 Å². The van der Waals surface area contributed by atoms with E-state index in [1.165, 1.54) is 12.1 Å². The van der Waals surface area contributed by atoms with Crippen LogP contribution in [0.3, 0.4) is 0 Å². The average Bonchev–Trinajstić information content (AvgIpc) is 2.84. The van der Waals surface area contributed by atoms with Gasteiger partial charge in [0.05, 0.1) is 0 Å². The first kappa shape index (κ1) is 14.2. The van der Waals surface area contributed by atoms with Crippen LogP contribution in [-0.2, 0) is 16.1 Å². The molecule has 1 saturated heterocycles. The Labute approximate surface area is 114 Å². The number of nitrogens with one attached hydrogen (secondary N) is 2. The molecule has 0 spiro atoms. The largest absolute Gasteiger partial charge is 0.435 e. The zero-order valence-corrected chi connectivity index (χ0v) is 10.6. The third-order valence-corrected chi connectivity index (χ3v) is 2.93. The van der Waals surface area contributed by atoms with Crippen LogP contribution in [-0.4, -0.2) is 24.5 Å². The van der Waals surface area contributed by atoms with Gasteiger partial charge in [0.2, 0.25) is 11.8 Å². The average molecular weight is 284 g/mol. The van der Waals surface area contributed by atoms with Crippen molar-refractivity contribution in [2.24, 2.45) is 0 Å². The molecule has 1 heterocycles. The molecule has 1 aliphatic heterocycles. The quantitative estimate of drug-likeness (QED) is 0.853. The maximum absolute atomic E-state index is 12.0. The highest BCUT2D eigenvalue weighted by atomic mass is 19.3. The smallest absolute Gasteiger partial charge is 0.387 e. The van der Waals surface area contributed by atoms with E-state index in [1.807, 2.05) is 0 Å². The Kier molecular flexibility index (Phi) is 4.49. The van der Waals surface area contributed by atoms with Crippen LogP contribution < -0.4 is 15.4 Å². The van der Waals surface area contributed by atoms with E-state index in [9.17, 15) is 18.4 Å². The Morgan fingerprint density at radius 2 is 2.10 bits per heavy atom. The fourth-order valence-electron chi connectivity index (χ4n) is 1.91. The van der Waals surface area contributed by atoms with E-state index >= 15 is 0 Å². The van der Waals surface area contributed by atoms with Gasteiger partial charge in [-0.25, -0.2) is 0 Å². The molecule has 1 aromatic carbocycles. The molecule has 1 fully saturated rings. The molecule has 2 N–H and O–H groups in total. The number of benzene rings is 1. The number of hydrogen-bond donors (Lipinski definition) is 2. The summed E-state index contributed by atoms with van der Waals surface area (Å²) in [6.07, 6.45) is 0.851. The van der Waals surface area contributed by atoms with E-state index < -0.39 is 12.7 Å². The molecule has 7 heteroatoms. The molecule has 0 unspecified atom stereocenters. The number of amides is 2. The van der Waals surface area contributed by atoms with Crippen molar-refractivity contribution < 1.29 is 23.1 Å². The summed E-state index contributed by atoms with van der Waals surface area (Å²) >= 11 is 0. The fraction of sp³-hybridized carbons (Fsp3) is 0.385. The van der Waals surface area contributed by atoms with Crippen molar-refractivity contribution in [3.8, 4) is 5.75 Å². The monoisotopic (exact) mass is 284 g/mol. The summed E-state index contributed by atoms with van der Waals surface area (Å²) in [5, 5.41) is 5.25. The Hall–Kier alpha value is -2.18. The molecule has 1 aromatic rings. The summed E-state index contributed by atoms with van der Waals surface area (Å²) in [5.74, 6) is -0.305. The lowest BCUT2D eigenvalue weighted by Gasteiger charge is -2.11.